The summed E-state index contributed by atoms with van der Waals surface area (Å²) in [6.45, 7) is 2.63. The average molecular weight is 429 g/mol. The zero-order chi connectivity index (χ0) is 22.3. The Balaban J connectivity index is 1.43. The molecular formula is C23H23N7O2. The van der Waals surface area contributed by atoms with Gasteiger partial charge in [-0.25, -0.2) is 9.36 Å². The molecular weight excluding hydrogens is 406 g/mol. The fourth-order valence-corrected chi connectivity index (χ4v) is 3.35. The summed E-state index contributed by atoms with van der Waals surface area (Å²) in [7, 11) is 0. The SMILES string of the molecule is Cc1ccn(NCc2ccccc2)c(=O)c1CC(=O)NCc1ccccc1-n1cnnn1. The van der Waals surface area contributed by atoms with Gasteiger partial charge in [-0.1, -0.05) is 48.5 Å². The van der Waals surface area contributed by atoms with Crippen molar-refractivity contribution in [3.05, 3.63) is 106 Å². The van der Waals surface area contributed by atoms with Crippen LogP contribution in [0.2, 0.25) is 0 Å². The van der Waals surface area contributed by atoms with Crippen molar-refractivity contribution in [2.24, 2.45) is 0 Å². The van der Waals surface area contributed by atoms with E-state index in [1.807, 2.05) is 67.6 Å². The maximum absolute atomic E-state index is 12.9. The highest BCUT2D eigenvalue weighted by Gasteiger charge is 2.13. The molecule has 0 saturated heterocycles. The number of aryl methyl sites for hydroxylation is 1. The van der Waals surface area contributed by atoms with Crippen LogP contribution >= 0.6 is 0 Å². The summed E-state index contributed by atoms with van der Waals surface area (Å²) in [6.07, 6.45) is 3.18. The summed E-state index contributed by atoms with van der Waals surface area (Å²) >= 11 is 0. The second-order valence-corrected chi connectivity index (χ2v) is 7.31. The van der Waals surface area contributed by atoms with Crippen molar-refractivity contribution < 1.29 is 4.79 Å². The first kappa shape index (κ1) is 21.0. The number of nitrogens with one attached hydrogen (secondary N) is 2. The predicted octanol–water partition coefficient (Wildman–Crippen LogP) is 1.74. The van der Waals surface area contributed by atoms with Crippen LogP contribution in [0.3, 0.4) is 0 Å². The van der Waals surface area contributed by atoms with E-state index in [9.17, 15) is 9.59 Å². The van der Waals surface area contributed by atoms with Crippen LogP contribution in [0.25, 0.3) is 5.69 Å². The number of carbonyl (C=O) groups excluding carboxylic acids is 1. The van der Waals surface area contributed by atoms with E-state index < -0.39 is 0 Å². The topological polar surface area (TPSA) is 107 Å². The van der Waals surface area contributed by atoms with Crippen LogP contribution in [0.5, 0.6) is 0 Å². The molecule has 0 spiro atoms. The molecule has 0 fully saturated rings. The maximum Gasteiger partial charge on any atom is 0.272 e. The zero-order valence-electron chi connectivity index (χ0n) is 17.6. The first-order valence-electron chi connectivity index (χ1n) is 10.2. The monoisotopic (exact) mass is 429 g/mol. The fourth-order valence-electron chi connectivity index (χ4n) is 3.35. The number of amides is 1. The van der Waals surface area contributed by atoms with Crippen molar-refractivity contribution >= 4 is 5.91 Å². The molecule has 2 aromatic heterocycles. The van der Waals surface area contributed by atoms with Crippen LogP contribution in [0.15, 0.2) is 78.0 Å². The standard InChI is InChI=1S/C23H23N7O2/c1-17-11-12-29(26-14-18-7-3-2-4-8-18)23(32)20(17)13-22(31)24-15-19-9-5-6-10-21(19)30-16-25-27-28-30/h2-12,16,26H,13-15H2,1H3,(H,24,31). The van der Waals surface area contributed by atoms with Crippen molar-refractivity contribution in [1.82, 2.24) is 30.2 Å². The van der Waals surface area contributed by atoms with Crippen LogP contribution in [0.4, 0.5) is 0 Å². The van der Waals surface area contributed by atoms with E-state index in [1.165, 1.54) is 11.0 Å². The lowest BCUT2D eigenvalue weighted by Crippen LogP contribution is -2.34. The molecule has 2 heterocycles. The summed E-state index contributed by atoms with van der Waals surface area (Å²) in [5.74, 6) is -0.238. The Morgan fingerprint density at radius 3 is 2.56 bits per heavy atom. The number of pyridine rings is 1. The minimum Gasteiger partial charge on any atom is -0.352 e. The highest BCUT2D eigenvalue weighted by Crippen LogP contribution is 2.12. The van der Waals surface area contributed by atoms with Gasteiger partial charge in [-0.05, 0) is 46.2 Å². The Morgan fingerprint density at radius 1 is 1.00 bits per heavy atom. The lowest BCUT2D eigenvalue weighted by atomic mass is 10.1. The molecule has 0 radical (unpaired) electrons. The van der Waals surface area contributed by atoms with Crippen molar-refractivity contribution in [2.45, 2.75) is 26.4 Å². The van der Waals surface area contributed by atoms with E-state index in [4.69, 9.17) is 0 Å². The van der Waals surface area contributed by atoms with Gasteiger partial charge < -0.3 is 10.7 Å². The molecule has 0 bridgehead atoms. The van der Waals surface area contributed by atoms with E-state index in [0.717, 1.165) is 22.4 Å². The number of nitrogens with zero attached hydrogens (tertiary/aromatic N) is 5. The Hall–Kier alpha value is -4.27. The number of hydrogen-bond acceptors (Lipinski definition) is 6. The van der Waals surface area contributed by atoms with E-state index in [1.54, 1.807) is 10.9 Å². The minimum absolute atomic E-state index is 0.00836. The smallest absolute Gasteiger partial charge is 0.272 e. The van der Waals surface area contributed by atoms with Crippen LogP contribution in [-0.4, -0.2) is 30.8 Å². The molecule has 1 amide bonds. The van der Waals surface area contributed by atoms with Crippen LogP contribution in [-0.2, 0) is 24.3 Å². The molecule has 0 unspecified atom stereocenters. The van der Waals surface area contributed by atoms with Crippen molar-refractivity contribution in [1.29, 1.82) is 0 Å². The summed E-state index contributed by atoms with van der Waals surface area (Å²) < 4.78 is 2.97. The van der Waals surface area contributed by atoms with E-state index in [-0.39, 0.29) is 17.9 Å². The van der Waals surface area contributed by atoms with Gasteiger partial charge in [0.15, 0.2) is 0 Å². The number of para-hydroxylation sites is 1. The highest BCUT2D eigenvalue weighted by atomic mass is 16.2. The number of rotatable bonds is 8. The van der Waals surface area contributed by atoms with Crippen LogP contribution in [0, 0.1) is 6.92 Å². The average Bonchev–Trinajstić information content (AvgIpc) is 3.36. The molecule has 4 aromatic rings. The Kier molecular flexibility index (Phi) is 6.35. The first-order valence-corrected chi connectivity index (χ1v) is 10.2. The number of benzene rings is 2. The van der Waals surface area contributed by atoms with Gasteiger partial charge in [-0.15, -0.1) is 5.10 Å². The second kappa shape index (κ2) is 9.69. The summed E-state index contributed by atoms with van der Waals surface area (Å²) in [5.41, 5.74) is 6.80. The van der Waals surface area contributed by atoms with Gasteiger partial charge in [0.05, 0.1) is 18.7 Å². The lowest BCUT2D eigenvalue weighted by Gasteiger charge is -2.14. The third-order valence-corrected chi connectivity index (χ3v) is 5.12. The summed E-state index contributed by atoms with van der Waals surface area (Å²) in [6, 6.07) is 19.1. The molecule has 0 atom stereocenters. The third kappa shape index (κ3) is 4.89. The number of tetrazole rings is 1. The van der Waals surface area contributed by atoms with E-state index >= 15 is 0 Å². The number of hydrogen-bond donors (Lipinski definition) is 2. The third-order valence-electron chi connectivity index (χ3n) is 5.12. The Bertz CT molecular complexity index is 1250. The van der Waals surface area contributed by atoms with Gasteiger partial charge >= 0.3 is 0 Å². The normalized spacial score (nSPS) is 10.7. The zero-order valence-corrected chi connectivity index (χ0v) is 17.6. The van der Waals surface area contributed by atoms with Gasteiger partial charge in [-0.3, -0.25) is 9.59 Å². The first-order chi connectivity index (χ1) is 15.6. The number of aromatic nitrogens is 5. The van der Waals surface area contributed by atoms with Gasteiger partial charge in [-0.2, -0.15) is 0 Å². The van der Waals surface area contributed by atoms with E-state index in [0.29, 0.717) is 18.7 Å². The van der Waals surface area contributed by atoms with Crippen LogP contribution < -0.4 is 16.3 Å². The molecule has 0 aliphatic heterocycles. The summed E-state index contributed by atoms with van der Waals surface area (Å²) in [5, 5.41) is 14.1. The maximum atomic E-state index is 12.9. The van der Waals surface area contributed by atoms with Crippen molar-refractivity contribution in [2.75, 3.05) is 5.43 Å². The highest BCUT2D eigenvalue weighted by molar-refractivity contribution is 5.78. The quantitative estimate of drug-likeness (QED) is 0.442. The molecule has 32 heavy (non-hydrogen) atoms. The van der Waals surface area contributed by atoms with E-state index in [2.05, 4.69) is 26.3 Å². The van der Waals surface area contributed by atoms with Gasteiger partial charge in [0.25, 0.3) is 5.56 Å². The molecule has 2 aromatic carbocycles. The lowest BCUT2D eigenvalue weighted by molar-refractivity contribution is -0.120. The van der Waals surface area contributed by atoms with Crippen molar-refractivity contribution in [3.63, 3.8) is 0 Å². The van der Waals surface area contributed by atoms with Crippen LogP contribution in [0.1, 0.15) is 22.3 Å². The fraction of sp³-hybridized carbons (Fsp3) is 0.174. The second-order valence-electron chi connectivity index (χ2n) is 7.31. The van der Waals surface area contributed by atoms with Gasteiger partial charge in [0, 0.05) is 18.3 Å². The molecule has 4 rings (SSSR count). The number of carbonyl (C=O) groups is 1. The minimum atomic E-state index is -0.238. The predicted molar refractivity (Wildman–Crippen MR) is 120 cm³/mol. The molecule has 0 saturated carbocycles. The molecule has 162 valence electrons. The Labute approximate surface area is 184 Å². The molecule has 0 aliphatic carbocycles. The Morgan fingerprint density at radius 2 is 1.78 bits per heavy atom. The molecule has 9 nitrogen and oxygen atoms in total. The molecule has 9 heteroatoms. The molecule has 2 N–H and O–H groups in total. The largest absolute Gasteiger partial charge is 0.352 e. The molecule has 0 aliphatic rings. The summed E-state index contributed by atoms with van der Waals surface area (Å²) in [4.78, 5) is 25.6. The van der Waals surface area contributed by atoms with Gasteiger partial charge in [0.2, 0.25) is 5.91 Å². The van der Waals surface area contributed by atoms with Crippen molar-refractivity contribution in [3.8, 4) is 5.69 Å². The van der Waals surface area contributed by atoms with Gasteiger partial charge in [0.1, 0.15) is 6.33 Å².